The van der Waals surface area contributed by atoms with Gasteiger partial charge in [-0.3, -0.25) is 13.9 Å². The van der Waals surface area contributed by atoms with Crippen molar-refractivity contribution in [1.82, 2.24) is 10.2 Å². The fourth-order valence-corrected chi connectivity index (χ4v) is 5.89. The first kappa shape index (κ1) is 34.4. The maximum Gasteiger partial charge on any atom is 0.244 e. The van der Waals surface area contributed by atoms with Crippen molar-refractivity contribution in [3.8, 4) is 0 Å². The van der Waals surface area contributed by atoms with Gasteiger partial charge in [-0.2, -0.15) is 0 Å². The van der Waals surface area contributed by atoms with Gasteiger partial charge in [-0.15, -0.1) is 0 Å². The van der Waals surface area contributed by atoms with Gasteiger partial charge in [0.25, 0.3) is 0 Å². The van der Waals surface area contributed by atoms with Gasteiger partial charge in [0.1, 0.15) is 12.6 Å². The molecule has 3 aromatic rings. The number of sulfonamides is 1. The zero-order valence-corrected chi connectivity index (χ0v) is 27.9. The first-order chi connectivity index (χ1) is 20.1. The Morgan fingerprint density at radius 2 is 1.58 bits per heavy atom. The van der Waals surface area contributed by atoms with Crippen molar-refractivity contribution < 1.29 is 18.0 Å². The van der Waals surface area contributed by atoms with E-state index in [4.69, 9.17) is 23.2 Å². The van der Waals surface area contributed by atoms with Crippen molar-refractivity contribution in [3.05, 3.63) is 99.5 Å². The van der Waals surface area contributed by atoms with Crippen molar-refractivity contribution in [3.63, 3.8) is 0 Å². The molecule has 3 rings (SSSR count). The molecule has 232 valence electrons. The predicted octanol–water partition coefficient (Wildman–Crippen LogP) is 6.61. The Morgan fingerprint density at radius 1 is 0.953 bits per heavy atom. The highest BCUT2D eigenvalue weighted by Crippen LogP contribution is 2.28. The fourth-order valence-electron chi connectivity index (χ4n) is 4.57. The van der Waals surface area contributed by atoms with Crippen LogP contribution in [-0.4, -0.2) is 50.0 Å². The first-order valence-electron chi connectivity index (χ1n) is 14.3. The van der Waals surface area contributed by atoms with Gasteiger partial charge in [-0.05, 0) is 59.7 Å². The molecule has 0 aliphatic heterocycles. The average Bonchev–Trinajstić information content (AvgIpc) is 2.94. The fraction of sp³-hybridized carbons (Fsp3) is 0.394. The molecule has 0 fully saturated rings. The molecule has 3 aromatic carbocycles. The van der Waals surface area contributed by atoms with Crippen LogP contribution in [0.25, 0.3) is 0 Å². The second kappa shape index (κ2) is 14.6. The summed E-state index contributed by atoms with van der Waals surface area (Å²) >= 11 is 12.7. The number of halogens is 2. The quantitative estimate of drug-likeness (QED) is 0.240. The van der Waals surface area contributed by atoms with Crippen LogP contribution >= 0.6 is 23.2 Å². The predicted molar refractivity (Wildman–Crippen MR) is 176 cm³/mol. The van der Waals surface area contributed by atoms with E-state index in [0.717, 1.165) is 21.7 Å². The van der Waals surface area contributed by atoms with E-state index >= 15 is 0 Å². The minimum absolute atomic E-state index is 0.0270. The number of rotatable bonds is 12. The van der Waals surface area contributed by atoms with E-state index in [1.807, 2.05) is 56.3 Å². The minimum Gasteiger partial charge on any atom is -0.352 e. The SMILES string of the molecule is CC[C@@H](C)NC(=O)[C@H](Cc1ccccc1)N(Cc1ccc(Cl)cc1Cl)C(=O)CN(c1ccc(C(C)(C)C)cc1)S(C)(=O)=O. The molecule has 0 aliphatic carbocycles. The molecule has 0 aromatic heterocycles. The van der Waals surface area contributed by atoms with E-state index in [1.165, 1.54) is 4.90 Å². The molecule has 2 amide bonds. The number of carbonyl (C=O) groups excluding carboxylic acids is 2. The number of nitrogens with zero attached hydrogens (tertiary/aromatic N) is 2. The van der Waals surface area contributed by atoms with Gasteiger partial charge >= 0.3 is 0 Å². The number of hydrogen-bond donors (Lipinski definition) is 1. The largest absolute Gasteiger partial charge is 0.352 e. The summed E-state index contributed by atoms with van der Waals surface area (Å²) in [4.78, 5) is 29.4. The lowest BCUT2D eigenvalue weighted by Crippen LogP contribution is -2.54. The van der Waals surface area contributed by atoms with Crippen molar-refractivity contribution in [2.45, 2.75) is 71.5 Å². The average molecular weight is 647 g/mol. The van der Waals surface area contributed by atoms with Gasteiger partial charge in [0.2, 0.25) is 21.8 Å². The third-order valence-electron chi connectivity index (χ3n) is 7.33. The van der Waals surface area contributed by atoms with E-state index in [2.05, 4.69) is 26.1 Å². The van der Waals surface area contributed by atoms with Crippen molar-refractivity contribution in [2.24, 2.45) is 0 Å². The summed E-state index contributed by atoms with van der Waals surface area (Å²) < 4.78 is 27.2. The Morgan fingerprint density at radius 3 is 2.12 bits per heavy atom. The summed E-state index contributed by atoms with van der Waals surface area (Å²) in [5, 5.41) is 3.78. The van der Waals surface area contributed by atoms with Gasteiger partial charge in [0.05, 0.1) is 11.9 Å². The first-order valence-corrected chi connectivity index (χ1v) is 16.9. The number of benzene rings is 3. The molecule has 0 radical (unpaired) electrons. The summed E-state index contributed by atoms with van der Waals surface area (Å²) in [5.41, 5.74) is 2.68. The molecule has 0 bridgehead atoms. The molecule has 10 heteroatoms. The number of nitrogens with one attached hydrogen (secondary N) is 1. The smallest absolute Gasteiger partial charge is 0.244 e. The third-order valence-corrected chi connectivity index (χ3v) is 9.06. The topological polar surface area (TPSA) is 86.8 Å². The summed E-state index contributed by atoms with van der Waals surface area (Å²) in [6, 6.07) is 20.4. The lowest BCUT2D eigenvalue weighted by atomic mass is 9.87. The van der Waals surface area contributed by atoms with Crippen LogP contribution in [0.5, 0.6) is 0 Å². The van der Waals surface area contributed by atoms with Crippen LogP contribution < -0.4 is 9.62 Å². The lowest BCUT2D eigenvalue weighted by Gasteiger charge is -2.34. The summed E-state index contributed by atoms with van der Waals surface area (Å²) in [5.74, 6) is -0.881. The Balaban J connectivity index is 2.08. The Hall–Kier alpha value is -3.07. The van der Waals surface area contributed by atoms with Crippen LogP contribution in [0, 0.1) is 0 Å². The summed E-state index contributed by atoms with van der Waals surface area (Å²) in [6.07, 6.45) is 1.99. The van der Waals surface area contributed by atoms with Crippen molar-refractivity contribution in [1.29, 1.82) is 0 Å². The van der Waals surface area contributed by atoms with E-state index in [-0.39, 0.29) is 30.3 Å². The maximum atomic E-state index is 14.2. The highest BCUT2D eigenvalue weighted by molar-refractivity contribution is 7.92. The highest BCUT2D eigenvalue weighted by atomic mass is 35.5. The molecule has 0 aliphatic rings. The van der Waals surface area contributed by atoms with Crippen LogP contribution in [0.3, 0.4) is 0 Å². The van der Waals surface area contributed by atoms with Gasteiger partial charge in [0, 0.05) is 29.1 Å². The molecule has 0 heterocycles. The molecule has 1 N–H and O–H groups in total. The zero-order valence-electron chi connectivity index (χ0n) is 25.6. The summed E-state index contributed by atoms with van der Waals surface area (Å²) in [6.45, 7) is 9.53. The van der Waals surface area contributed by atoms with Crippen molar-refractivity contribution in [2.75, 3.05) is 17.1 Å². The number of amides is 2. The number of anilines is 1. The molecule has 0 saturated heterocycles. The molecule has 0 unspecified atom stereocenters. The molecular formula is C33H41Cl2N3O4S. The standard InChI is InChI=1S/C33H41Cl2N3O4S/c1-7-23(2)36-32(40)30(19-24-11-9-8-10-12-24)37(21-25-13-16-27(34)20-29(25)35)31(39)22-38(43(6,41)42)28-17-14-26(15-18-28)33(3,4)5/h8-18,20,23,30H,7,19,21-22H2,1-6H3,(H,36,40)/t23-,30+/m1/s1. The second-order valence-corrected chi connectivity index (χ2v) is 14.6. The third kappa shape index (κ3) is 9.71. The Bertz CT molecular complexity index is 1510. The molecule has 43 heavy (non-hydrogen) atoms. The van der Waals surface area contributed by atoms with Gasteiger partial charge in [-0.1, -0.05) is 99.4 Å². The van der Waals surface area contributed by atoms with E-state index in [1.54, 1.807) is 30.3 Å². The van der Waals surface area contributed by atoms with Crippen LogP contribution in [0.4, 0.5) is 5.69 Å². The maximum absolute atomic E-state index is 14.2. The van der Waals surface area contributed by atoms with E-state index in [0.29, 0.717) is 27.7 Å². The van der Waals surface area contributed by atoms with E-state index in [9.17, 15) is 18.0 Å². The normalized spacial score (nSPS) is 13.2. The van der Waals surface area contributed by atoms with Crippen LogP contribution in [0.1, 0.15) is 57.7 Å². The molecule has 0 saturated carbocycles. The summed E-state index contributed by atoms with van der Waals surface area (Å²) in [7, 11) is -3.87. The number of hydrogen-bond acceptors (Lipinski definition) is 4. The molecule has 2 atom stereocenters. The van der Waals surface area contributed by atoms with Crippen LogP contribution in [0.2, 0.25) is 10.0 Å². The highest BCUT2D eigenvalue weighted by Gasteiger charge is 2.34. The molecule has 7 nitrogen and oxygen atoms in total. The minimum atomic E-state index is -3.87. The van der Waals surface area contributed by atoms with Crippen molar-refractivity contribution >= 4 is 50.7 Å². The van der Waals surface area contributed by atoms with Crippen LogP contribution in [-0.2, 0) is 38.0 Å². The van der Waals surface area contributed by atoms with Crippen LogP contribution in [0.15, 0.2) is 72.8 Å². The zero-order chi connectivity index (χ0) is 31.9. The van der Waals surface area contributed by atoms with Gasteiger partial charge in [0.15, 0.2) is 0 Å². The Labute approximate surface area is 266 Å². The lowest BCUT2D eigenvalue weighted by molar-refractivity contribution is -0.140. The monoisotopic (exact) mass is 645 g/mol. The van der Waals surface area contributed by atoms with Gasteiger partial charge in [-0.25, -0.2) is 8.42 Å². The number of carbonyl (C=O) groups is 2. The van der Waals surface area contributed by atoms with E-state index < -0.39 is 28.5 Å². The molecule has 0 spiro atoms. The second-order valence-electron chi connectivity index (χ2n) is 11.8. The molecular weight excluding hydrogens is 605 g/mol. The Kier molecular flexibility index (Phi) is 11.7. The van der Waals surface area contributed by atoms with Gasteiger partial charge < -0.3 is 10.2 Å².